The summed E-state index contributed by atoms with van der Waals surface area (Å²) in [4.78, 5) is 57.6. The highest BCUT2D eigenvalue weighted by molar-refractivity contribution is 6.00. The zero-order valence-corrected chi connectivity index (χ0v) is 51.2. The summed E-state index contributed by atoms with van der Waals surface area (Å²) in [6, 6.07) is 37.3. The second-order valence-electron chi connectivity index (χ2n) is 21.0. The first-order valence-electron chi connectivity index (χ1n) is 29.0. The molecule has 0 aliphatic carbocycles. The number of nitrogens with zero attached hydrogens (tertiary/aromatic N) is 8. The highest BCUT2D eigenvalue weighted by Gasteiger charge is 2.33. The van der Waals surface area contributed by atoms with Gasteiger partial charge in [0.15, 0.2) is 0 Å². The lowest BCUT2D eigenvalue weighted by Gasteiger charge is -2.34. The van der Waals surface area contributed by atoms with E-state index in [2.05, 4.69) is 0 Å². The Morgan fingerprint density at radius 2 is 0.652 bits per heavy atom. The average molecular weight is 1220 g/mol. The summed E-state index contributed by atoms with van der Waals surface area (Å²) >= 11 is 0. The van der Waals surface area contributed by atoms with Gasteiger partial charge in [-0.05, 0) is 109 Å². The fraction of sp³-hybridized carbons (Fsp3) is 0.403. The summed E-state index contributed by atoms with van der Waals surface area (Å²) in [6.45, 7) is 8.87. The molecule has 0 bridgehead atoms. The van der Waals surface area contributed by atoms with E-state index in [1.807, 2.05) is 169 Å². The van der Waals surface area contributed by atoms with Crippen molar-refractivity contribution in [1.82, 2.24) is 0 Å². The molecule has 2 unspecified atom stereocenters. The Morgan fingerprint density at radius 3 is 0.854 bits per heavy atom. The van der Waals surface area contributed by atoms with Gasteiger partial charge < -0.3 is 67.0 Å². The number of anilines is 4. The van der Waals surface area contributed by atoms with Gasteiger partial charge in [0.05, 0.1) is 84.7 Å². The van der Waals surface area contributed by atoms with Gasteiger partial charge in [0.25, 0.3) is 0 Å². The van der Waals surface area contributed by atoms with E-state index in [0.29, 0.717) is 88.1 Å². The van der Waals surface area contributed by atoms with Crippen LogP contribution in [0.1, 0.15) is 36.1 Å². The molecule has 0 amide bonds. The third-order valence-corrected chi connectivity index (χ3v) is 14.0. The first-order valence-corrected chi connectivity index (χ1v) is 29.0. The Morgan fingerprint density at radius 1 is 0.427 bits per heavy atom. The van der Waals surface area contributed by atoms with E-state index in [1.165, 1.54) is 24.3 Å². The second kappa shape index (κ2) is 36.1. The SMILES string of the molecule is CCOC(=O)/C(C#N)=C/c1ccc(N(C)CCOCC(COCCN(C)c2ccc(/C=C(\C#N)C(=O)OCC)cc2)(COCCN(C)c2ccc(/C=C(\C#N)C(=O)OCC3CO3)cc2)COCCN(C)c2ccc(/C=C(\C#N)C(=O)OCC3CO3)cc2)cc1. The second-order valence-corrected chi connectivity index (χ2v) is 21.0. The lowest BCUT2D eigenvalue weighted by Crippen LogP contribution is -2.43. The summed E-state index contributed by atoms with van der Waals surface area (Å²) in [5.41, 5.74) is 4.88. The van der Waals surface area contributed by atoms with Crippen LogP contribution in [0.25, 0.3) is 24.3 Å². The highest BCUT2D eigenvalue weighted by atomic mass is 16.6. The molecule has 2 aliphatic heterocycles. The summed E-state index contributed by atoms with van der Waals surface area (Å²) in [5, 5.41) is 38.4. The van der Waals surface area contributed by atoms with Crippen LogP contribution in [-0.2, 0) is 66.5 Å². The minimum atomic E-state index is -0.830. The van der Waals surface area contributed by atoms with Crippen LogP contribution in [0.5, 0.6) is 0 Å². The molecule has 2 aliphatic rings. The predicted octanol–water partition coefficient (Wildman–Crippen LogP) is 7.22. The molecule has 6 rings (SSSR count). The lowest BCUT2D eigenvalue weighted by atomic mass is 9.92. The van der Waals surface area contributed by atoms with Crippen LogP contribution < -0.4 is 19.6 Å². The normalized spacial score (nSPS) is 15.2. The van der Waals surface area contributed by atoms with Crippen molar-refractivity contribution in [3.8, 4) is 24.3 Å². The molecule has 0 N–H and O–H groups in total. The van der Waals surface area contributed by atoms with Gasteiger partial charge in [0.2, 0.25) is 0 Å². The van der Waals surface area contributed by atoms with E-state index in [1.54, 1.807) is 13.8 Å². The standard InChI is InChI=1S/C67H76N8O14/c1-7-84-63(76)53(37-68)33-49-9-17-57(18-10-49)72(3)25-29-80-45-67(46-81-30-26-73(4)58-19-11-50(12-20-58)34-54(38-69)64(77)85-8-2,47-82-31-27-74(5)59-21-13-51(14-22-59)35-55(39-70)65(78)88-43-61-41-86-61)48-83-32-28-75(6)60-23-15-52(16-24-60)36-56(40-71)66(79)89-44-62-42-87-62/h9-24,33-36,61-62H,7-8,25-32,41-48H2,1-6H3/b53-33+,54-34+,55-35+,56-36+. The summed E-state index contributed by atoms with van der Waals surface area (Å²) in [7, 11) is 7.74. The van der Waals surface area contributed by atoms with Gasteiger partial charge in [0, 0.05) is 77.1 Å². The molecule has 89 heavy (non-hydrogen) atoms. The van der Waals surface area contributed by atoms with Crippen LogP contribution >= 0.6 is 0 Å². The Kier molecular flexibility index (Phi) is 27.9. The van der Waals surface area contributed by atoms with Crippen molar-refractivity contribution >= 4 is 70.9 Å². The zero-order valence-electron chi connectivity index (χ0n) is 51.2. The number of ether oxygens (including phenoxy) is 10. The molecule has 2 atom stereocenters. The van der Waals surface area contributed by atoms with Crippen molar-refractivity contribution in [2.75, 3.05) is 166 Å². The quantitative estimate of drug-likeness (QED) is 0.0107. The highest BCUT2D eigenvalue weighted by Crippen LogP contribution is 2.25. The number of hydrogen-bond acceptors (Lipinski definition) is 22. The Hall–Kier alpha value is -9.36. The van der Waals surface area contributed by atoms with Crippen molar-refractivity contribution < 1.29 is 66.5 Å². The fourth-order valence-corrected chi connectivity index (χ4v) is 8.48. The monoisotopic (exact) mass is 1220 g/mol. The molecular formula is C67H76N8O14. The first kappa shape index (κ1) is 68.7. The summed E-state index contributed by atoms with van der Waals surface area (Å²) < 4.78 is 56.8. The van der Waals surface area contributed by atoms with Gasteiger partial charge in [0.1, 0.15) is 72.0 Å². The largest absolute Gasteiger partial charge is 0.462 e. The maximum Gasteiger partial charge on any atom is 0.348 e. The average Bonchev–Trinajstić information content (AvgIpc) is 4.69. The molecule has 4 aromatic carbocycles. The van der Waals surface area contributed by atoms with Crippen molar-refractivity contribution in [3.63, 3.8) is 0 Å². The maximum absolute atomic E-state index is 12.5. The number of nitriles is 4. The van der Waals surface area contributed by atoms with Crippen LogP contribution in [0.4, 0.5) is 22.7 Å². The van der Waals surface area contributed by atoms with Gasteiger partial charge in [-0.3, -0.25) is 0 Å². The van der Waals surface area contributed by atoms with E-state index in [-0.39, 0.29) is 87.4 Å². The lowest BCUT2D eigenvalue weighted by molar-refractivity contribution is -0.139. The number of epoxide rings is 2. The van der Waals surface area contributed by atoms with E-state index in [9.17, 15) is 40.2 Å². The molecule has 22 heteroatoms. The van der Waals surface area contributed by atoms with Crippen molar-refractivity contribution in [3.05, 3.63) is 142 Å². The van der Waals surface area contributed by atoms with Crippen LogP contribution in [0, 0.1) is 50.7 Å². The molecule has 2 fully saturated rings. The minimum absolute atomic E-state index is 0.0981. The van der Waals surface area contributed by atoms with E-state index < -0.39 is 29.3 Å². The van der Waals surface area contributed by atoms with Crippen LogP contribution in [-0.4, -0.2) is 183 Å². The molecule has 468 valence electrons. The Balaban J connectivity index is 1.16. The van der Waals surface area contributed by atoms with Gasteiger partial charge in [-0.1, -0.05) is 48.5 Å². The zero-order chi connectivity index (χ0) is 64.0. The minimum Gasteiger partial charge on any atom is -0.462 e. The number of likely N-dealkylation sites (N-methyl/N-ethyl adjacent to an activating group) is 4. The van der Waals surface area contributed by atoms with Gasteiger partial charge in [-0.15, -0.1) is 0 Å². The Labute approximate surface area is 520 Å². The number of esters is 4. The molecule has 2 saturated heterocycles. The van der Waals surface area contributed by atoms with Gasteiger partial charge in [-0.2, -0.15) is 21.0 Å². The molecule has 2 heterocycles. The van der Waals surface area contributed by atoms with Crippen LogP contribution in [0.2, 0.25) is 0 Å². The predicted molar refractivity (Wildman–Crippen MR) is 334 cm³/mol. The maximum atomic E-state index is 12.5. The molecule has 0 saturated carbocycles. The number of hydrogen-bond donors (Lipinski definition) is 0. The summed E-state index contributed by atoms with van der Waals surface area (Å²) in [6.07, 6.45) is 5.71. The molecular weight excluding hydrogens is 1140 g/mol. The topological polar surface area (TPSA) is 275 Å². The third-order valence-electron chi connectivity index (χ3n) is 14.0. The summed E-state index contributed by atoms with van der Waals surface area (Å²) in [5.74, 6) is -2.78. The van der Waals surface area contributed by atoms with Crippen molar-refractivity contribution in [1.29, 1.82) is 21.0 Å². The van der Waals surface area contributed by atoms with Gasteiger partial charge >= 0.3 is 23.9 Å². The molecule has 0 radical (unpaired) electrons. The molecule has 4 aromatic rings. The molecule has 0 spiro atoms. The Bertz CT molecular complexity index is 3060. The van der Waals surface area contributed by atoms with E-state index in [0.717, 1.165) is 22.7 Å². The number of benzene rings is 4. The molecule has 22 nitrogen and oxygen atoms in total. The smallest absolute Gasteiger partial charge is 0.348 e. The van der Waals surface area contributed by atoms with Gasteiger partial charge in [-0.25, -0.2) is 19.2 Å². The number of carbonyl (C=O) groups is 4. The van der Waals surface area contributed by atoms with Crippen molar-refractivity contribution in [2.45, 2.75) is 26.1 Å². The number of carbonyl (C=O) groups excluding carboxylic acids is 4. The van der Waals surface area contributed by atoms with E-state index >= 15 is 0 Å². The number of rotatable bonds is 38. The molecule has 0 aromatic heterocycles. The first-order chi connectivity index (χ1) is 43.1. The van der Waals surface area contributed by atoms with Crippen LogP contribution in [0.3, 0.4) is 0 Å². The third kappa shape index (κ3) is 23.4. The van der Waals surface area contributed by atoms with E-state index in [4.69, 9.17) is 47.4 Å². The van der Waals surface area contributed by atoms with Crippen LogP contribution in [0.15, 0.2) is 119 Å². The fourth-order valence-electron chi connectivity index (χ4n) is 8.48. The van der Waals surface area contributed by atoms with Crippen molar-refractivity contribution in [2.24, 2.45) is 5.41 Å².